The third-order valence-corrected chi connectivity index (χ3v) is 4.62. The van der Waals surface area contributed by atoms with Crippen LogP contribution in [0.3, 0.4) is 0 Å². The molecule has 0 saturated heterocycles. The minimum absolute atomic E-state index is 0.222. The minimum Gasteiger partial charge on any atom is -0.459 e. The van der Waals surface area contributed by atoms with E-state index in [2.05, 4.69) is 5.32 Å². The Hall–Kier alpha value is -1.08. The molecule has 0 radical (unpaired) electrons. The van der Waals surface area contributed by atoms with Gasteiger partial charge < -0.3 is 10.1 Å². The predicted octanol–water partition coefficient (Wildman–Crippen LogP) is 5.92. The molecular formula is C18H25ClF3NO2S. The lowest BCUT2D eigenvalue weighted by atomic mass is 10.1. The van der Waals surface area contributed by atoms with E-state index in [0.717, 1.165) is 11.8 Å². The maximum Gasteiger partial charge on any atom is 0.410 e. The van der Waals surface area contributed by atoms with Crippen molar-refractivity contribution in [3.05, 3.63) is 29.3 Å². The molecule has 2 atom stereocenters. The summed E-state index contributed by atoms with van der Waals surface area (Å²) in [7, 11) is 0. The van der Waals surface area contributed by atoms with Gasteiger partial charge in [0.25, 0.3) is 0 Å². The highest BCUT2D eigenvalue weighted by Crippen LogP contribution is 2.38. The number of carbonyl (C=O) groups is 1. The van der Waals surface area contributed by atoms with Crippen molar-refractivity contribution in [2.75, 3.05) is 5.32 Å². The second-order valence-corrected chi connectivity index (χ2v) is 10.3. The van der Waals surface area contributed by atoms with Crippen LogP contribution in [0.1, 0.15) is 41.5 Å². The fraction of sp³-hybridized carbons (Fsp3) is 0.611. The van der Waals surface area contributed by atoms with E-state index in [0.29, 0.717) is 5.02 Å². The number of alkyl halides is 3. The van der Waals surface area contributed by atoms with Crippen molar-refractivity contribution < 1.29 is 22.7 Å². The first-order valence-corrected chi connectivity index (χ1v) is 9.34. The van der Waals surface area contributed by atoms with Gasteiger partial charge in [0.15, 0.2) is 0 Å². The van der Waals surface area contributed by atoms with Crippen LogP contribution in [0.5, 0.6) is 0 Å². The monoisotopic (exact) mass is 411 g/mol. The molecular weight excluding hydrogens is 387 g/mol. The van der Waals surface area contributed by atoms with Gasteiger partial charge in [-0.05, 0) is 45.0 Å². The van der Waals surface area contributed by atoms with Gasteiger partial charge in [-0.15, -0.1) is 11.8 Å². The number of nitrogens with one attached hydrogen (secondary N) is 1. The van der Waals surface area contributed by atoms with E-state index in [1.54, 1.807) is 41.5 Å². The van der Waals surface area contributed by atoms with Gasteiger partial charge >= 0.3 is 12.1 Å². The van der Waals surface area contributed by atoms with Gasteiger partial charge in [-0.2, -0.15) is 13.2 Å². The lowest BCUT2D eigenvalue weighted by Gasteiger charge is -2.34. The van der Waals surface area contributed by atoms with E-state index in [1.807, 2.05) is 0 Å². The molecule has 0 saturated carbocycles. The molecule has 0 aliphatic rings. The van der Waals surface area contributed by atoms with Gasteiger partial charge in [0.2, 0.25) is 0 Å². The van der Waals surface area contributed by atoms with E-state index in [1.165, 1.54) is 24.3 Å². The van der Waals surface area contributed by atoms with Crippen LogP contribution in [-0.4, -0.2) is 33.8 Å². The number of hydrogen-bond donors (Lipinski definition) is 1. The van der Waals surface area contributed by atoms with E-state index in [4.69, 9.17) is 16.3 Å². The summed E-state index contributed by atoms with van der Waals surface area (Å²) in [6, 6.07) is 3.74. The highest BCUT2D eigenvalue weighted by Gasteiger charge is 2.50. The number of anilines is 1. The van der Waals surface area contributed by atoms with Crippen molar-refractivity contribution in [3.63, 3.8) is 0 Å². The van der Waals surface area contributed by atoms with Crippen molar-refractivity contribution in [2.24, 2.45) is 0 Å². The average Bonchev–Trinajstić information content (AvgIpc) is 2.40. The summed E-state index contributed by atoms with van der Waals surface area (Å²) in [6.45, 7) is 10.1. The molecule has 0 aromatic heterocycles. The third-order valence-electron chi connectivity index (χ3n) is 2.94. The predicted molar refractivity (Wildman–Crippen MR) is 102 cm³/mol. The normalized spacial score (nSPS) is 15.3. The first-order chi connectivity index (χ1) is 11.6. The zero-order valence-corrected chi connectivity index (χ0v) is 17.3. The highest BCUT2D eigenvalue weighted by molar-refractivity contribution is 8.01. The van der Waals surface area contributed by atoms with Crippen LogP contribution in [0.25, 0.3) is 0 Å². The summed E-state index contributed by atoms with van der Waals surface area (Å²) in [4.78, 5) is 12.6. The van der Waals surface area contributed by atoms with E-state index < -0.39 is 33.8 Å². The Morgan fingerprint density at radius 3 is 1.96 bits per heavy atom. The van der Waals surface area contributed by atoms with Crippen LogP contribution in [0.2, 0.25) is 5.02 Å². The molecule has 8 heteroatoms. The van der Waals surface area contributed by atoms with E-state index in [-0.39, 0.29) is 5.69 Å². The molecule has 148 valence electrons. The number of esters is 1. The summed E-state index contributed by atoms with van der Waals surface area (Å²) in [5.41, 5.74) is -0.663. The topological polar surface area (TPSA) is 38.3 Å². The quantitative estimate of drug-likeness (QED) is 0.610. The van der Waals surface area contributed by atoms with Crippen molar-refractivity contribution >= 4 is 35.0 Å². The zero-order chi connectivity index (χ0) is 20.3. The lowest BCUT2D eigenvalue weighted by Crippen LogP contribution is -2.50. The summed E-state index contributed by atoms with van der Waals surface area (Å²) in [5.74, 6) is -0.902. The summed E-state index contributed by atoms with van der Waals surface area (Å²) < 4.78 is 46.1. The Labute approximate surface area is 162 Å². The average molecular weight is 412 g/mol. The Morgan fingerprint density at radius 2 is 1.58 bits per heavy atom. The van der Waals surface area contributed by atoms with Gasteiger partial charge in [-0.3, -0.25) is 4.79 Å². The summed E-state index contributed by atoms with van der Waals surface area (Å²) >= 11 is 6.71. The van der Waals surface area contributed by atoms with Crippen LogP contribution in [0.15, 0.2) is 24.3 Å². The SMILES string of the molecule is CC(C)(C)OC(=O)[C@@H](SC(C)(C)C)[C@H](Nc1ccc(Cl)cc1)C(F)(F)F. The fourth-order valence-corrected chi connectivity index (χ4v) is 3.44. The van der Waals surface area contributed by atoms with Crippen LogP contribution in [-0.2, 0) is 9.53 Å². The number of thioether (sulfide) groups is 1. The number of halogens is 4. The molecule has 0 amide bonds. The minimum atomic E-state index is -4.65. The van der Waals surface area contributed by atoms with Crippen LogP contribution in [0, 0.1) is 0 Å². The Kier molecular flexibility index (Phi) is 7.33. The van der Waals surface area contributed by atoms with E-state index >= 15 is 0 Å². The largest absolute Gasteiger partial charge is 0.459 e. The number of carbonyl (C=O) groups excluding carboxylic acids is 1. The first-order valence-electron chi connectivity index (χ1n) is 8.08. The Morgan fingerprint density at radius 1 is 1.08 bits per heavy atom. The Balaban J connectivity index is 3.23. The first kappa shape index (κ1) is 23.0. The molecule has 0 unspecified atom stereocenters. The second-order valence-electron chi connectivity index (χ2n) is 7.85. The number of benzene rings is 1. The molecule has 26 heavy (non-hydrogen) atoms. The molecule has 1 aromatic carbocycles. The molecule has 1 aromatic rings. The van der Waals surface area contributed by atoms with Crippen LogP contribution < -0.4 is 5.32 Å². The molecule has 1 rings (SSSR count). The summed E-state index contributed by atoms with van der Waals surface area (Å²) in [5, 5.41) is 1.37. The standard InChI is InChI=1S/C18H25ClF3NO2S/c1-16(2,3)25-15(24)13(26-17(4,5)6)14(18(20,21)22)23-12-9-7-11(19)8-10-12/h7-10,13-14,23H,1-6H3/t13-,14-/m0/s1. The van der Waals surface area contributed by atoms with Crippen molar-refractivity contribution in [2.45, 2.75) is 69.4 Å². The van der Waals surface area contributed by atoms with Crippen LogP contribution in [0.4, 0.5) is 18.9 Å². The number of rotatable bonds is 5. The maximum atomic E-state index is 13.8. The third kappa shape index (κ3) is 8.08. The molecule has 0 spiro atoms. The van der Waals surface area contributed by atoms with Gasteiger partial charge in [0.1, 0.15) is 16.9 Å². The maximum absolute atomic E-state index is 13.8. The number of hydrogen-bond acceptors (Lipinski definition) is 4. The molecule has 0 aliphatic heterocycles. The fourth-order valence-electron chi connectivity index (χ4n) is 2.05. The van der Waals surface area contributed by atoms with Crippen molar-refractivity contribution in [1.82, 2.24) is 0 Å². The van der Waals surface area contributed by atoms with Gasteiger partial charge in [0, 0.05) is 15.5 Å². The molecule has 1 N–H and O–H groups in total. The molecule has 0 bridgehead atoms. The number of ether oxygens (including phenoxy) is 1. The van der Waals surface area contributed by atoms with Crippen molar-refractivity contribution in [1.29, 1.82) is 0 Å². The molecule has 3 nitrogen and oxygen atoms in total. The van der Waals surface area contributed by atoms with Gasteiger partial charge in [-0.1, -0.05) is 32.4 Å². The molecule has 0 aliphatic carbocycles. The second kappa shape index (κ2) is 8.30. The molecule has 0 fully saturated rings. The smallest absolute Gasteiger partial charge is 0.410 e. The van der Waals surface area contributed by atoms with Gasteiger partial charge in [-0.25, -0.2) is 0 Å². The zero-order valence-electron chi connectivity index (χ0n) is 15.7. The summed E-state index contributed by atoms with van der Waals surface area (Å²) in [6.07, 6.45) is -4.65. The lowest BCUT2D eigenvalue weighted by molar-refractivity contribution is -0.167. The van der Waals surface area contributed by atoms with Crippen LogP contribution >= 0.6 is 23.4 Å². The highest BCUT2D eigenvalue weighted by atomic mass is 35.5. The van der Waals surface area contributed by atoms with E-state index in [9.17, 15) is 18.0 Å². The Bertz CT molecular complexity index is 607. The van der Waals surface area contributed by atoms with Crippen molar-refractivity contribution in [3.8, 4) is 0 Å². The van der Waals surface area contributed by atoms with Gasteiger partial charge in [0.05, 0.1) is 0 Å². The molecule has 0 heterocycles.